The van der Waals surface area contributed by atoms with Crippen LogP contribution in [0.15, 0.2) is 23.1 Å². The number of aromatic nitrogens is 3. The number of hydrogen-bond donors (Lipinski definition) is 1. The Hall–Kier alpha value is -2.26. The van der Waals surface area contributed by atoms with Crippen LogP contribution in [0.25, 0.3) is 17.1 Å². The molecular formula is C15H14N4O3S2. The number of fused-ring (bicyclic) bond motifs is 1. The summed E-state index contributed by atoms with van der Waals surface area (Å²) in [6.07, 6.45) is 2.16. The van der Waals surface area contributed by atoms with Crippen LogP contribution in [0.2, 0.25) is 0 Å². The third kappa shape index (κ3) is 3.31. The minimum Gasteiger partial charge on any atom is -0.481 e. The van der Waals surface area contributed by atoms with Crippen molar-refractivity contribution in [3.8, 4) is 0 Å². The van der Waals surface area contributed by atoms with Crippen molar-refractivity contribution in [3.63, 3.8) is 0 Å². The Balaban J connectivity index is 1.78. The number of rotatable bonds is 5. The van der Waals surface area contributed by atoms with E-state index >= 15 is 0 Å². The van der Waals surface area contributed by atoms with Crippen LogP contribution < -0.4 is 0 Å². The Morgan fingerprint density at radius 1 is 1.46 bits per heavy atom. The van der Waals surface area contributed by atoms with Gasteiger partial charge in [-0.25, -0.2) is 4.68 Å². The first-order valence-electron chi connectivity index (χ1n) is 7.22. The summed E-state index contributed by atoms with van der Waals surface area (Å²) >= 11 is 6.45. The molecule has 0 atom stereocenters. The van der Waals surface area contributed by atoms with Gasteiger partial charge in [0.1, 0.15) is 9.84 Å². The van der Waals surface area contributed by atoms with Crippen molar-refractivity contribution in [2.24, 2.45) is 7.05 Å². The normalized spacial score (nSPS) is 16.5. The van der Waals surface area contributed by atoms with Crippen molar-refractivity contribution in [3.05, 3.63) is 28.7 Å². The number of carboxylic acid groups (broad SMARTS) is 1. The number of aryl methyl sites for hydroxylation is 1. The molecular weight excluding hydrogens is 348 g/mol. The summed E-state index contributed by atoms with van der Waals surface area (Å²) < 4.78 is 2.14. The summed E-state index contributed by atoms with van der Waals surface area (Å²) in [5.41, 5.74) is 2.51. The topological polar surface area (TPSA) is 88.3 Å². The molecule has 1 aliphatic heterocycles. The molecule has 24 heavy (non-hydrogen) atoms. The van der Waals surface area contributed by atoms with Gasteiger partial charge < -0.3 is 5.11 Å². The van der Waals surface area contributed by atoms with Gasteiger partial charge in [-0.15, -0.1) is 5.10 Å². The second-order valence-corrected chi connectivity index (χ2v) is 6.97. The van der Waals surface area contributed by atoms with Gasteiger partial charge in [0.15, 0.2) is 0 Å². The Morgan fingerprint density at radius 2 is 2.25 bits per heavy atom. The van der Waals surface area contributed by atoms with E-state index in [9.17, 15) is 9.59 Å². The number of aliphatic carboxylic acids is 1. The minimum atomic E-state index is -0.881. The standard InChI is InChI=1S/C15H14N4O3S2/c1-18-11-5-4-9(7-10(11)16-17-18)8-12-14(22)19(15(23)24-12)6-2-3-13(20)21/h4-5,7-8H,2-3,6H2,1H3,(H,20,21)/b12-8-. The summed E-state index contributed by atoms with van der Waals surface area (Å²) in [6.45, 7) is 0.317. The number of thiocarbonyl (C=S) groups is 1. The van der Waals surface area contributed by atoms with Crippen molar-refractivity contribution in [2.45, 2.75) is 12.8 Å². The predicted octanol–water partition coefficient (Wildman–Crippen LogP) is 2.03. The smallest absolute Gasteiger partial charge is 0.303 e. The summed E-state index contributed by atoms with van der Waals surface area (Å²) in [5, 5.41) is 16.7. The first kappa shape index (κ1) is 16.6. The average molecular weight is 362 g/mol. The van der Waals surface area contributed by atoms with Gasteiger partial charge >= 0.3 is 5.97 Å². The zero-order valence-corrected chi connectivity index (χ0v) is 14.4. The molecule has 9 heteroatoms. The lowest BCUT2D eigenvalue weighted by Crippen LogP contribution is -2.29. The molecule has 0 saturated carbocycles. The van der Waals surface area contributed by atoms with Crippen LogP contribution in [0.5, 0.6) is 0 Å². The highest BCUT2D eigenvalue weighted by molar-refractivity contribution is 8.26. The van der Waals surface area contributed by atoms with Crippen LogP contribution in [-0.2, 0) is 16.6 Å². The molecule has 0 spiro atoms. The maximum Gasteiger partial charge on any atom is 0.303 e. The van der Waals surface area contributed by atoms with Gasteiger partial charge in [0.05, 0.1) is 10.4 Å². The van der Waals surface area contributed by atoms with E-state index in [4.69, 9.17) is 17.3 Å². The molecule has 2 aromatic rings. The van der Waals surface area contributed by atoms with Gasteiger partial charge in [0, 0.05) is 20.0 Å². The summed E-state index contributed by atoms with van der Waals surface area (Å²) in [5.74, 6) is -1.07. The van der Waals surface area contributed by atoms with Crippen LogP contribution in [0.1, 0.15) is 18.4 Å². The fourth-order valence-electron chi connectivity index (χ4n) is 2.38. The molecule has 1 saturated heterocycles. The van der Waals surface area contributed by atoms with Gasteiger partial charge in [-0.3, -0.25) is 14.5 Å². The van der Waals surface area contributed by atoms with Crippen LogP contribution >= 0.6 is 24.0 Å². The fourth-order valence-corrected chi connectivity index (χ4v) is 3.69. The van der Waals surface area contributed by atoms with Crippen molar-refractivity contribution in [2.75, 3.05) is 6.54 Å². The van der Waals surface area contributed by atoms with Crippen molar-refractivity contribution in [1.82, 2.24) is 19.9 Å². The average Bonchev–Trinajstić information content (AvgIpc) is 3.02. The van der Waals surface area contributed by atoms with Crippen LogP contribution in [0.3, 0.4) is 0 Å². The predicted molar refractivity (Wildman–Crippen MR) is 95.3 cm³/mol. The maximum atomic E-state index is 12.4. The maximum absolute atomic E-state index is 12.4. The van der Waals surface area contributed by atoms with Gasteiger partial charge in [0.25, 0.3) is 5.91 Å². The second kappa shape index (κ2) is 6.70. The third-order valence-electron chi connectivity index (χ3n) is 3.58. The highest BCUT2D eigenvalue weighted by atomic mass is 32.2. The van der Waals surface area contributed by atoms with E-state index in [-0.39, 0.29) is 12.3 Å². The first-order valence-corrected chi connectivity index (χ1v) is 8.45. The van der Waals surface area contributed by atoms with E-state index in [2.05, 4.69) is 10.3 Å². The van der Waals surface area contributed by atoms with E-state index in [0.717, 1.165) is 16.6 Å². The zero-order chi connectivity index (χ0) is 17.3. The van der Waals surface area contributed by atoms with Crippen molar-refractivity contribution in [1.29, 1.82) is 0 Å². The minimum absolute atomic E-state index is 0.0133. The highest BCUT2D eigenvalue weighted by Gasteiger charge is 2.31. The van der Waals surface area contributed by atoms with Gasteiger partial charge in [-0.1, -0.05) is 35.3 Å². The molecule has 1 aliphatic rings. The molecule has 0 bridgehead atoms. The molecule has 1 fully saturated rings. The molecule has 1 amide bonds. The number of carboxylic acids is 1. The Bertz CT molecular complexity index is 875. The summed E-state index contributed by atoms with van der Waals surface area (Å²) in [7, 11) is 1.82. The van der Waals surface area contributed by atoms with Gasteiger partial charge in [-0.2, -0.15) is 0 Å². The molecule has 3 rings (SSSR count). The van der Waals surface area contributed by atoms with Crippen molar-refractivity contribution >= 4 is 57.3 Å². The zero-order valence-electron chi connectivity index (χ0n) is 12.8. The molecule has 0 aliphatic carbocycles. The molecule has 2 heterocycles. The van der Waals surface area contributed by atoms with Crippen LogP contribution in [-0.4, -0.2) is 47.7 Å². The SMILES string of the molecule is Cn1nnc2cc(/C=C3\SC(=S)N(CCCC(=O)O)C3=O)ccc21. The summed E-state index contributed by atoms with van der Waals surface area (Å²) in [6, 6.07) is 5.65. The lowest BCUT2D eigenvalue weighted by Gasteiger charge is -2.13. The highest BCUT2D eigenvalue weighted by Crippen LogP contribution is 2.33. The number of hydrogen-bond acceptors (Lipinski definition) is 6. The number of carbonyl (C=O) groups excluding carboxylic acids is 1. The Labute approximate surface area is 147 Å². The largest absolute Gasteiger partial charge is 0.481 e. The third-order valence-corrected chi connectivity index (χ3v) is 4.96. The molecule has 1 aromatic heterocycles. The van der Waals surface area contributed by atoms with Crippen molar-refractivity contribution < 1.29 is 14.7 Å². The molecule has 7 nitrogen and oxygen atoms in total. The first-order chi connectivity index (χ1) is 11.5. The second-order valence-electron chi connectivity index (χ2n) is 5.29. The monoisotopic (exact) mass is 362 g/mol. The number of carbonyl (C=O) groups is 2. The number of nitrogens with zero attached hydrogens (tertiary/aromatic N) is 4. The lowest BCUT2D eigenvalue weighted by atomic mass is 10.2. The number of thioether (sulfide) groups is 1. The Morgan fingerprint density at radius 3 is 3.00 bits per heavy atom. The molecule has 0 radical (unpaired) electrons. The molecule has 0 unspecified atom stereocenters. The van der Waals surface area contributed by atoms with E-state index in [1.807, 2.05) is 25.2 Å². The quantitative estimate of drug-likeness (QED) is 0.643. The van der Waals surface area contributed by atoms with E-state index in [1.165, 1.54) is 16.7 Å². The molecule has 1 aromatic carbocycles. The van der Waals surface area contributed by atoms with E-state index < -0.39 is 5.97 Å². The fraction of sp³-hybridized carbons (Fsp3) is 0.267. The summed E-state index contributed by atoms with van der Waals surface area (Å²) in [4.78, 5) is 25.0. The van der Waals surface area contributed by atoms with Crippen LogP contribution in [0.4, 0.5) is 0 Å². The van der Waals surface area contributed by atoms with Gasteiger partial charge in [0.2, 0.25) is 0 Å². The van der Waals surface area contributed by atoms with Gasteiger partial charge in [-0.05, 0) is 30.2 Å². The number of benzene rings is 1. The van der Waals surface area contributed by atoms with E-state index in [1.54, 1.807) is 10.8 Å². The van der Waals surface area contributed by atoms with E-state index in [0.29, 0.717) is 22.2 Å². The molecule has 124 valence electrons. The lowest BCUT2D eigenvalue weighted by molar-refractivity contribution is -0.137. The number of amides is 1. The molecule has 1 N–H and O–H groups in total. The Kier molecular flexibility index (Phi) is 4.63. The van der Waals surface area contributed by atoms with Crippen LogP contribution in [0, 0.1) is 0 Å².